The van der Waals surface area contributed by atoms with Gasteiger partial charge < -0.3 is 19.4 Å². The third-order valence-electron chi connectivity index (χ3n) is 6.67. The summed E-state index contributed by atoms with van der Waals surface area (Å²) in [4.78, 5) is 26.6. The minimum Gasteiger partial charge on any atom is -0.462 e. The number of hydrogen-bond acceptors (Lipinski definition) is 6. The van der Waals surface area contributed by atoms with E-state index in [1.165, 1.54) is 0 Å². The molecule has 7 nitrogen and oxygen atoms in total. The van der Waals surface area contributed by atoms with E-state index in [4.69, 9.17) is 21.1 Å². The van der Waals surface area contributed by atoms with E-state index in [1.807, 2.05) is 18.2 Å². The molecule has 1 N–H and O–H groups in total. The first kappa shape index (κ1) is 21.4. The first-order valence-electron chi connectivity index (χ1n) is 11.2. The van der Waals surface area contributed by atoms with Crippen LogP contribution in [0.1, 0.15) is 47.7 Å². The number of halogens is 1. The van der Waals surface area contributed by atoms with Gasteiger partial charge in [0, 0.05) is 31.0 Å². The summed E-state index contributed by atoms with van der Waals surface area (Å²) in [5.41, 5.74) is 3.07. The molecule has 0 saturated carbocycles. The first-order valence-corrected chi connectivity index (χ1v) is 11.6. The van der Waals surface area contributed by atoms with Gasteiger partial charge in [0.1, 0.15) is 5.15 Å². The maximum Gasteiger partial charge on any atom is 0.338 e. The van der Waals surface area contributed by atoms with Crippen molar-refractivity contribution in [2.24, 2.45) is 0 Å². The lowest BCUT2D eigenvalue weighted by atomic mass is 9.88. The van der Waals surface area contributed by atoms with Crippen molar-refractivity contribution in [2.75, 3.05) is 32.8 Å². The molecule has 2 fully saturated rings. The second-order valence-electron chi connectivity index (χ2n) is 8.74. The van der Waals surface area contributed by atoms with Gasteiger partial charge in [0.25, 0.3) is 0 Å². The number of esters is 1. The molecular weight excluding hydrogens is 428 g/mol. The Morgan fingerprint density at radius 3 is 2.88 bits per heavy atom. The van der Waals surface area contributed by atoms with Crippen LogP contribution in [0.3, 0.4) is 0 Å². The third kappa shape index (κ3) is 4.65. The topological polar surface area (TPSA) is 80.3 Å². The molecule has 0 bridgehead atoms. The van der Waals surface area contributed by atoms with Gasteiger partial charge in [0.15, 0.2) is 0 Å². The summed E-state index contributed by atoms with van der Waals surface area (Å²) in [5.74, 6) is 0.141. The van der Waals surface area contributed by atoms with Crippen LogP contribution >= 0.6 is 11.6 Å². The summed E-state index contributed by atoms with van der Waals surface area (Å²) >= 11 is 6.06. The lowest BCUT2D eigenvalue weighted by Crippen LogP contribution is -2.54. The van der Waals surface area contributed by atoms with Gasteiger partial charge in [0.2, 0.25) is 0 Å². The number of aromatic nitrogens is 3. The van der Waals surface area contributed by atoms with Crippen LogP contribution in [-0.4, -0.2) is 64.3 Å². The zero-order valence-electron chi connectivity index (χ0n) is 17.9. The van der Waals surface area contributed by atoms with Crippen molar-refractivity contribution in [1.29, 1.82) is 0 Å². The molecule has 0 spiro atoms. The van der Waals surface area contributed by atoms with Crippen LogP contribution in [0.5, 0.6) is 0 Å². The number of hydrogen-bond donors (Lipinski definition) is 1. The van der Waals surface area contributed by atoms with Gasteiger partial charge in [-0.15, -0.1) is 0 Å². The van der Waals surface area contributed by atoms with Crippen molar-refractivity contribution < 1.29 is 14.3 Å². The SMILES string of the molecule is O=C(OCC[C@]1(CN2CCC(c3cccc(Cl)n3)CC2)CCO1)c1ccc2nc[nH]c2c1. The van der Waals surface area contributed by atoms with E-state index in [0.29, 0.717) is 29.7 Å². The zero-order valence-corrected chi connectivity index (χ0v) is 18.7. The van der Waals surface area contributed by atoms with Crippen molar-refractivity contribution in [2.45, 2.75) is 37.2 Å². The van der Waals surface area contributed by atoms with E-state index in [9.17, 15) is 4.79 Å². The zero-order chi connectivity index (χ0) is 22.0. The number of imidazole rings is 1. The number of carbonyl (C=O) groups is 1. The van der Waals surface area contributed by atoms with Crippen LogP contribution < -0.4 is 0 Å². The van der Waals surface area contributed by atoms with E-state index in [0.717, 1.165) is 62.2 Å². The number of pyridine rings is 1. The number of piperidine rings is 1. The monoisotopic (exact) mass is 454 g/mol. The van der Waals surface area contributed by atoms with Crippen LogP contribution in [0, 0.1) is 0 Å². The number of rotatable bonds is 7. The number of carbonyl (C=O) groups excluding carboxylic acids is 1. The number of benzene rings is 1. The van der Waals surface area contributed by atoms with E-state index in [1.54, 1.807) is 18.5 Å². The minimum atomic E-state index is -0.314. The van der Waals surface area contributed by atoms with Gasteiger partial charge in [0.05, 0.1) is 41.7 Å². The van der Waals surface area contributed by atoms with Crippen molar-refractivity contribution in [3.05, 3.63) is 59.1 Å². The number of aromatic amines is 1. The van der Waals surface area contributed by atoms with Crippen LogP contribution in [0.2, 0.25) is 5.15 Å². The van der Waals surface area contributed by atoms with Crippen molar-refractivity contribution in [3.8, 4) is 0 Å². The molecule has 5 rings (SSSR count). The van der Waals surface area contributed by atoms with Crippen molar-refractivity contribution >= 4 is 28.6 Å². The fourth-order valence-electron chi connectivity index (χ4n) is 4.71. The summed E-state index contributed by atoms with van der Waals surface area (Å²) in [7, 11) is 0. The molecule has 32 heavy (non-hydrogen) atoms. The molecule has 0 amide bonds. The molecule has 2 saturated heterocycles. The quantitative estimate of drug-likeness (QED) is 0.425. The van der Waals surface area contributed by atoms with Crippen LogP contribution in [-0.2, 0) is 9.47 Å². The highest BCUT2D eigenvalue weighted by molar-refractivity contribution is 6.29. The largest absolute Gasteiger partial charge is 0.462 e. The first-order chi connectivity index (χ1) is 15.6. The highest BCUT2D eigenvalue weighted by Crippen LogP contribution is 2.34. The Balaban J connectivity index is 1.11. The second-order valence-corrected chi connectivity index (χ2v) is 9.12. The normalized spacial score (nSPS) is 22.0. The summed E-state index contributed by atoms with van der Waals surface area (Å²) < 4.78 is 11.6. The van der Waals surface area contributed by atoms with Crippen LogP contribution in [0.15, 0.2) is 42.7 Å². The maximum absolute atomic E-state index is 12.5. The standard InChI is InChI=1S/C24H27ClN4O3/c25-22-3-1-2-19(28-22)17-6-10-29(11-7-17)15-24(9-13-32-24)8-12-31-23(30)18-4-5-20-21(14-18)27-16-26-20/h1-5,14,16-17H,6-13,15H2,(H,26,27)/t24-/m1/s1. The molecule has 168 valence electrons. The predicted octanol–water partition coefficient (Wildman–Crippen LogP) is 4.20. The Morgan fingerprint density at radius 2 is 2.12 bits per heavy atom. The van der Waals surface area contributed by atoms with Crippen molar-refractivity contribution in [1.82, 2.24) is 19.9 Å². The molecule has 0 radical (unpaired) electrons. The Kier molecular flexibility index (Phi) is 6.13. The summed E-state index contributed by atoms with van der Waals surface area (Å²) in [6, 6.07) is 11.2. The Labute approximate surface area is 192 Å². The maximum atomic E-state index is 12.5. The average Bonchev–Trinajstić information content (AvgIpc) is 3.25. The highest BCUT2D eigenvalue weighted by atomic mass is 35.5. The number of fused-ring (bicyclic) bond motifs is 1. The van der Waals surface area contributed by atoms with E-state index in [-0.39, 0.29) is 11.6 Å². The smallest absolute Gasteiger partial charge is 0.338 e. The second kappa shape index (κ2) is 9.17. The lowest BCUT2D eigenvalue weighted by molar-refractivity contribution is -0.169. The molecule has 2 aliphatic heterocycles. The highest BCUT2D eigenvalue weighted by Gasteiger charge is 2.40. The molecular formula is C24H27ClN4O3. The predicted molar refractivity (Wildman–Crippen MR) is 122 cm³/mol. The Bertz CT molecular complexity index is 1090. The van der Waals surface area contributed by atoms with Crippen molar-refractivity contribution in [3.63, 3.8) is 0 Å². The number of nitrogens with one attached hydrogen (secondary N) is 1. The molecule has 3 aromatic rings. The number of likely N-dealkylation sites (tertiary alicyclic amines) is 1. The molecule has 1 atom stereocenters. The van der Waals surface area contributed by atoms with Gasteiger partial charge in [-0.25, -0.2) is 14.8 Å². The van der Waals surface area contributed by atoms with Gasteiger partial charge >= 0.3 is 5.97 Å². The molecule has 0 aliphatic carbocycles. The van der Waals surface area contributed by atoms with Crippen LogP contribution in [0.4, 0.5) is 0 Å². The fraction of sp³-hybridized carbons (Fsp3) is 0.458. The summed E-state index contributed by atoms with van der Waals surface area (Å²) in [5, 5.41) is 0.561. The number of H-pyrrole nitrogens is 1. The Hall–Kier alpha value is -2.48. The van der Waals surface area contributed by atoms with Gasteiger partial charge in [-0.1, -0.05) is 17.7 Å². The molecule has 4 heterocycles. The molecule has 1 aromatic carbocycles. The summed E-state index contributed by atoms with van der Waals surface area (Å²) in [6.07, 6.45) is 5.45. The average molecular weight is 455 g/mol. The summed E-state index contributed by atoms with van der Waals surface area (Å²) in [6.45, 7) is 4.01. The van der Waals surface area contributed by atoms with Gasteiger partial charge in [-0.2, -0.15) is 0 Å². The van der Waals surface area contributed by atoms with Gasteiger partial charge in [-0.3, -0.25) is 0 Å². The lowest BCUT2D eigenvalue weighted by Gasteiger charge is -2.46. The molecule has 8 heteroatoms. The minimum absolute atomic E-state index is 0.214. The molecule has 2 aromatic heterocycles. The Morgan fingerprint density at radius 1 is 1.28 bits per heavy atom. The number of ether oxygens (including phenoxy) is 2. The van der Waals surface area contributed by atoms with Crippen LogP contribution in [0.25, 0.3) is 11.0 Å². The van der Waals surface area contributed by atoms with E-state index < -0.39 is 0 Å². The van der Waals surface area contributed by atoms with E-state index in [2.05, 4.69) is 25.9 Å². The van der Waals surface area contributed by atoms with E-state index >= 15 is 0 Å². The fourth-order valence-corrected chi connectivity index (χ4v) is 4.88. The molecule has 0 unspecified atom stereocenters. The third-order valence-corrected chi connectivity index (χ3v) is 6.88. The molecule has 2 aliphatic rings. The number of nitrogens with zero attached hydrogens (tertiary/aromatic N) is 3. The van der Waals surface area contributed by atoms with Gasteiger partial charge in [-0.05, 0) is 56.3 Å².